The molecule has 17 heavy (non-hydrogen) atoms. The van der Waals surface area contributed by atoms with Gasteiger partial charge in [-0.15, -0.1) is 0 Å². The van der Waals surface area contributed by atoms with Gasteiger partial charge in [-0.2, -0.15) is 0 Å². The lowest BCUT2D eigenvalue weighted by Crippen LogP contribution is -2.38. The summed E-state index contributed by atoms with van der Waals surface area (Å²) in [4.78, 5) is 11.4. The summed E-state index contributed by atoms with van der Waals surface area (Å²) in [6, 6.07) is 7.78. The molecule has 0 radical (unpaired) electrons. The number of rotatable bonds is 6. The molecule has 1 amide bonds. The molecule has 0 spiro atoms. The van der Waals surface area contributed by atoms with Gasteiger partial charge in [-0.3, -0.25) is 4.79 Å². The van der Waals surface area contributed by atoms with Crippen LogP contribution in [-0.4, -0.2) is 25.1 Å². The number of hydrogen-bond acceptors (Lipinski definition) is 3. The Balaban J connectivity index is 2.26. The van der Waals surface area contributed by atoms with Crippen LogP contribution in [0, 0.1) is 6.92 Å². The fraction of sp³-hybridized carbons (Fsp3) is 0.462. The monoisotopic (exact) mass is 236 g/mol. The minimum atomic E-state index is -0.0318. The van der Waals surface area contributed by atoms with Crippen molar-refractivity contribution in [3.63, 3.8) is 0 Å². The number of ether oxygens (including phenoxy) is 1. The zero-order chi connectivity index (χ0) is 12.7. The number of carbonyl (C=O) groups excluding carboxylic acids is 1. The zero-order valence-corrected chi connectivity index (χ0v) is 10.4. The standard InChI is InChI=1S/C13H20N2O2/c1-10-4-3-5-12(8-10)17-7-6-13(16)15-11(2)9-14/h3-5,8,11H,6-7,9,14H2,1-2H3,(H,15,16). The number of aryl methyl sites for hydroxylation is 1. The third kappa shape index (κ3) is 5.36. The second-order valence-corrected chi connectivity index (χ2v) is 4.12. The van der Waals surface area contributed by atoms with Crippen LogP contribution in [0.5, 0.6) is 5.75 Å². The van der Waals surface area contributed by atoms with Crippen LogP contribution >= 0.6 is 0 Å². The van der Waals surface area contributed by atoms with E-state index in [0.29, 0.717) is 19.6 Å². The Morgan fingerprint density at radius 2 is 2.29 bits per heavy atom. The predicted octanol–water partition coefficient (Wildman–Crippen LogP) is 1.23. The van der Waals surface area contributed by atoms with E-state index >= 15 is 0 Å². The Morgan fingerprint density at radius 3 is 2.94 bits per heavy atom. The maximum atomic E-state index is 11.4. The molecule has 1 atom stereocenters. The number of nitrogens with two attached hydrogens (primary N) is 1. The summed E-state index contributed by atoms with van der Waals surface area (Å²) in [5.41, 5.74) is 6.55. The van der Waals surface area contributed by atoms with Crippen molar-refractivity contribution in [2.75, 3.05) is 13.2 Å². The van der Waals surface area contributed by atoms with Crippen LogP contribution < -0.4 is 15.8 Å². The van der Waals surface area contributed by atoms with Gasteiger partial charge in [-0.1, -0.05) is 12.1 Å². The van der Waals surface area contributed by atoms with Crippen molar-refractivity contribution in [1.29, 1.82) is 0 Å². The van der Waals surface area contributed by atoms with E-state index in [0.717, 1.165) is 11.3 Å². The highest BCUT2D eigenvalue weighted by Crippen LogP contribution is 2.12. The van der Waals surface area contributed by atoms with E-state index in [4.69, 9.17) is 10.5 Å². The van der Waals surface area contributed by atoms with Gasteiger partial charge in [-0.25, -0.2) is 0 Å². The lowest BCUT2D eigenvalue weighted by Gasteiger charge is -2.11. The van der Waals surface area contributed by atoms with Gasteiger partial charge in [0.2, 0.25) is 5.91 Å². The molecule has 0 saturated heterocycles. The molecular formula is C13H20N2O2. The summed E-state index contributed by atoms with van der Waals surface area (Å²) in [7, 11) is 0. The van der Waals surface area contributed by atoms with Crippen molar-refractivity contribution < 1.29 is 9.53 Å². The molecule has 1 rings (SSSR count). The Bertz CT molecular complexity index is 366. The van der Waals surface area contributed by atoms with Gasteiger partial charge in [-0.05, 0) is 31.5 Å². The molecule has 0 bridgehead atoms. The van der Waals surface area contributed by atoms with E-state index in [9.17, 15) is 4.79 Å². The Morgan fingerprint density at radius 1 is 1.53 bits per heavy atom. The van der Waals surface area contributed by atoms with Gasteiger partial charge in [0, 0.05) is 12.6 Å². The fourth-order valence-corrected chi connectivity index (χ4v) is 1.37. The van der Waals surface area contributed by atoms with Crippen molar-refractivity contribution in [3.8, 4) is 5.75 Å². The summed E-state index contributed by atoms with van der Waals surface area (Å²) < 4.78 is 5.48. The average molecular weight is 236 g/mol. The molecule has 0 aromatic heterocycles. The van der Waals surface area contributed by atoms with Crippen LogP contribution in [0.1, 0.15) is 18.9 Å². The molecule has 0 aliphatic carbocycles. The zero-order valence-electron chi connectivity index (χ0n) is 10.4. The molecule has 0 saturated carbocycles. The molecule has 94 valence electrons. The largest absolute Gasteiger partial charge is 0.493 e. The first-order valence-electron chi connectivity index (χ1n) is 5.80. The SMILES string of the molecule is Cc1cccc(OCCC(=O)NC(C)CN)c1. The maximum Gasteiger partial charge on any atom is 0.223 e. The van der Waals surface area contributed by atoms with E-state index < -0.39 is 0 Å². The Hall–Kier alpha value is -1.55. The van der Waals surface area contributed by atoms with E-state index in [1.165, 1.54) is 0 Å². The quantitative estimate of drug-likeness (QED) is 0.780. The van der Waals surface area contributed by atoms with Crippen LogP contribution in [0.25, 0.3) is 0 Å². The first kappa shape index (κ1) is 13.5. The van der Waals surface area contributed by atoms with Crippen LogP contribution in [0.3, 0.4) is 0 Å². The maximum absolute atomic E-state index is 11.4. The second kappa shape index (κ2) is 6.91. The third-order valence-electron chi connectivity index (χ3n) is 2.35. The number of carbonyl (C=O) groups is 1. The first-order chi connectivity index (χ1) is 8.11. The molecule has 1 aromatic carbocycles. The molecule has 1 unspecified atom stereocenters. The van der Waals surface area contributed by atoms with Crippen LogP contribution in [0.4, 0.5) is 0 Å². The van der Waals surface area contributed by atoms with Gasteiger partial charge in [0.15, 0.2) is 0 Å². The Kier molecular flexibility index (Phi) is 5.49. The molecule has 1 aromatic rings. The molecule has 0 aliphatic heterocycles. The topological polar surface area (TPSA) is 64.3 Å². The van der Waals surface area contributed by atoms with Crippen molar-refractivity contribution in [3.05, 3.63) is 29.8 Å². The van der Waals surface area contributed by atoms with E-state index in [-0.39, 0.29) is 11.9 Å². The third-order valence-corrected chi connectivity index (χ3v) is 2.35. The lowest BCUT2D eigenvalue weighted by atomic mass is 10.2. The first-order valence-corrected chi connectivity index (χ1v) is 5.80. The number of amides is 1. The Labute approximate surface area is 102 Å². The van der Waals surface area contributed by atoms with Crippen molar-refractivity contribution in [2.45, 2.75) is 26.3 Å². The summed E-state index contributed by atoms with van der Waals surface area (Å²) >= 11 is 0. The predicted molar refractivity (Wildman–Crippen MR) is 68.0 cm³/mol. The van der Waals surface area contributed by atoms with Crippen molar-refractivity contribution >= 4 is 5.91 Å². The van der Waals surface area contributed by atoms with Gasteiger partial charge < -0.3 is 15.8 Å². The van der Waals surface area contributed by atoms with Gasteiger partial charge in [0.05, 0.1) is 13.0 Å². The summed E-state index contributed by atoms with van der Waals surface area (Å²) in [5, 5.41) is 2.78. The van der Waals surface area contributed by atoms with Crippen molar-refractivity contribution in [1.82, 2.24) is 5.32 Å². The summed E-state index contributed by atoms with van der Waals surface area (Å²) in [5.74, 6) is 0.764. The van der Waals surface area contributed by atoms with Gasteiger partial charge in [0.1, 0.15) is 5.75 Å². The molecular weight excluding hydrogens is 216 g/mol. The molecule has 0 heterocycles. The van der Waals surface area contributed by atoms with Crippen LogP contribution in [-0.2, 0) is 4.79 Å². The average Bonchev–Trinajstić information content (AvgIpc) is 2.29. The summed E-state index contributed by atoms with van der Waals surface area (Å²) in [6.07, 6.45) is 0.346. The number of benzene rings is 1. The van der Waals surface area contributed by atoms with E-state index in [2.05, 4.69) is 5.32 Å². The van der Waals surface area contributed by atoms with Crippen LogP contribution in [0.15, 0.2) is 24.3 Å². The molecule has 4 nitrogen and oxygen atoms in total. The van der Waals surface area contributed by atoms with E-state index in [1.54, 1.807) is 0 Å². The highest BCUT2D eigenvalue weighted by atomic mass is 16.5. The minimum absolute atomic E-state index is 0.0152. The summed E-state index contributed by atoms with van der Waals surface area (Å²) in [6.45, 7) is 4.71. The number of hydrogen-bond donors (Lipinski definition) is 2. The lowest BCUT2D eigenvalue weighted by molar-refractivity contribution is -0.122. The van der Waals surface area contributed by atoms with E-state index in [1.807, 2.05) is 38.1 Å². The molecule has 4 heteroatoms. The smallest absolute Gasteiger partial charge is 0.223 e. The van der Waals surface area contributed by atoms with Crippen molar-refractivity contribution in [2.24, 2.45) is 5.73 Å². The van der Waals surface area contributed by atoms with Gasteiger partial charge >= 0.3 is 0 Å². The highest BCUT2D eigenvalue weighted by Gasteiger charge is 2.05. The van der Waals surface area contributed by atoms with Crippen LogP contribution in [0.2, 0.25) is 0 Å². The fourth-order valence-electron chi connectivity index (χ4n) is 1.37. The number of nitrogens with one attached hydrogen (secondary N) is 1. The minimum Gasteiger partial charge on any atom is -0.493 e. The molecule has 0 fully saturated rings. The molecule has 3 N–H and O–H groups in total. The van der Waals surface area contributed by atoms with Gasteiger partial charge in [0.25, 0.3) is 0 Å². The second-order valence-electron chi connectivity index (χ2n) is 4.12. The highest BCUT2D eigenvalue weighted by molar-refractivity contribution is 5.76. The molecule has 0 aliphatic rings. The normalized spacial score (nSPS) is 11.9.